The van der Waals surface area contributed by atoms with Gasteiger partial charge in [0.25, 0.3) is 0 Å². The fourth-order valence-corrected chi connectivity index (χ4v) is 2.96. The molecule has 0 saturated carbocycles. The summed E-state index contributed by atoms with van der Waals surface area (Å²) >= 11 is 0. The zero-order valence-electron chi connectivity index (χ0n) is 14.4. The van der Waals surface area contributed by atoms with Crippen LogP contribution in [-0.2, 0) is 0 Å². The maximum Gasteiger partial charge on any atom is 0.119 e. The second-order valence-electron chi connectivity index (χ2n) is 6.74. The number of aryl methyl sites for hydroxylation is 1. The maximum absolute atomic E-state index is 10.2. The van der Waals surface area contributed by atoms with E-state index in [2.05, 4.69) is 49.8 Å². The average molecular weight is 306 g/mol. The van der Waals surface area contributed by atoms with Crippen molar-refractivity contribution in [1.82, 2.24) is 9.80 Å². The molecule has 4 nitrogen and oxygen atoms in total. The van der Waals surface area contributed by atoms with E-state index in [0.29, 0.717) is 19.1 Å². The Hall–Kier alpha value is -1.10. The highest BCUT2D eigenvalue weighted by Gasteiger charge is 2.17. The molecule has 0 bridgehead atoms. The first-order valence-corrected chi connectivity index (χ1v) is 8.28. The zero-order chi connectivity index (χ0) is 16.1. The number of β-amino-alcohol motifs (C(OH)–C–C–N with tert-alkyl or cyclic N) is 1. The van der Waals surface area contributed by atoms with E-state index in [4.69, 9.17) is 4.74 Å². The predicted molar refractivity (Wildman–Crippen MR) is 90.7 cm³/mol. The van der Waals surface area contributed by atoms with Gasteiger partial charge < -0.3 is 14.7 Å². The average Bonchev–Trinajstić information content (AvgIpc) is 2.47. The van der Waals surface area contributed by atoms with E-state index >= 15 is 0 Å². The number of benzene rings is 1. The molecule has 0 spiro atoms. The SMILES string of the molecule is Cc1cc(OC[C@@H](O)CN2CCN(C)CC2)ccc1C(C)C. The number of likely N-dealkylation sites (N-methyl/N-ethyl adjacent to an activating group) is 1. The Morgan fingerprint density at radius 3 is 2.45 bits per heavy atom. The quantitative estimate of drug-likeness (QED) is 0.873. The molecular weight excluding hydrogens is 276 g/mol. The van der Waals surface area contributed by atoms with E-state index in [1.165, 1.54) is 11.1 Å². The molecular formula is C18H30N2O2. The molecule has 1 atom stereocenters. The van der Waals surface area contributed by atoms with Gasteiger partial charge in [-0.15, -0.1) is 0 Å². The van der Waals surface area contributed by atoms with Crippen LogP contribution in [0, 0.1) is 6.92 Å². The Morgan fingerprint density at radius 2 is 1.86 bits per heavy atom. The van der Waals surface area contributed by atoms with Crippen molar-refractivity contribution in [3.8, 4) is 5.75 Å². The Labute approximate surface area is 134 Å². The van der Waals surface area contributed by atoms with Crippen molar-refractivity contribution in [2.24, 2.45) is 0 Å². The Kier molecular flexibility index (Phi) is 6.24. The smallest absolute Gasteiger partial charge is 0.119 e. The first kappa shape index (κ1) is 17.3. The number of hydrogen-bond donors (Lipinski definition) is 1. The van der Waals surface area contributed by atoms with Crippen molar-refractivity contribution < 1.29 is 9.84 Å². The largest absolute Gasteiger partial charge is 0.491 e. The van der Waals surface area contributed by atoms with Gasteiger partial charge in [-0.3, -0.25) is 4.90 Å². The summed E-state index contributed by atoms with van der Waals surface area (Å²) in [5.74, 6) is 1.37. The summed E-state index contributed by atoms with van der Waals surface area (Å²) in [5, 5.41) is 10.2. The first-order valence-electron chi connectivity index (χ1n) is 8.28. The zero-order valence-corrected chi connectivity index (χ0v) is 14.4. The van der Waals surface area contributed by atoms with Crippen molar-refractivity contribution in [1.29, 1.82) is 0 Å². The van der Waals surface area contributed by atoms with Crippen LogP contribution in [0.25, 0.3) is 0 Å². The van der Waals surface area contributed by atoms with Crippen LogP contribution in [0.1, 0.15) is 30.9 Å². The van der Waals surface area contributed by atoms with Crippen LogP contribution < -0.4 is 4.74 Å². The minimum atomic E-state index is -0.437. The van der Waals surface area contributed by atoms with E-state index in [1.54, 1.807) is 0 Å². The summed E-state index contributed by atoms with van der Waals surface area (Å²) in [6.07, 6.45) is -0.437. The van der Waals surface area contributed by atoms with Crippen molar-refractivity contribution in [2.75, 3.05) is 46.4 Å². The number of aliphatic hydroxyl groups is 1. The molecule has 0 radical (unpaired) electrons. The van der Waals surface area contributed by atoms with Crippen molar-refractivity contribution in [2.45, 2.75) is 32.8 Å². The number of hydrogen-bond acceptors (Lipinski definition) is 4. The highest BCUT2D eigenvalue weighted by molar-refractivity contribution is 5.36. The Bertz CT molecular complexity index is 468. The highest BCUT2D eigenvalue weighted by Crippen LogP contribution is 2.23. The maximum atomic E-state index is 10.2. The van der Waals surface area contributed by atoms with Gasteiger partial charge in [-0.2, -0.15) is 0 Å². The van der Waals surface area contributed by atoms with E-state index in [0.717, 1.165) is 31.9 Å². The number of aliphatic hydroxyl groups excluding tert-OH is 1. The molecule has 22 heavy (non-hydrogen) atoms. The Morgan fingerprint density at radius 1 is 1.18 bits per heavy atom. The predicted octanol–water partition coefficient (Wildman–Crippen LogP) is 2.11. The lowest BCUT2D eigenvalue weighted by Gasteiger charge is -2.33. The van der Waals surface area contributed by atoms with Crippen LogP contribution in [0.5, 0.6) is 5.75 Å². The van der Waals surface area contributed by atoms with Gasteiger partial charge in [0.15, 0.2) is 0 Å². The topological polar surface area (TPSA) is 35.9 Å². The third-order valence-corrected chi connectivity index (χ3v) is 4.37. The second-order valence-corrected chi connectivity index (χ2v) is 6.74. The Balaban J connectivity index is 1.78. The van der Waals surface area contributed by atoms with Crippen LogP contribution in [0.2, 0.25) is 0 Å². The van der Waals surface area contributed by atoms with Gasteiger partial charge in [0.1, 0.15) is 18.5 Å². The van der Waals surface area contributed by atoms with Gasteiger partial charge in [0.2, 0.25) is 0 Å². The molecule has 4 heteroatoms. The molecule has 1 saturated heterocycles. The summed E-state index contributed by atoms with van der Waals surface area (Å²) in [5.41, 5.74) is 2.60. The van der Waals surface area contributed by atoms with E-state index in [9.17, 15) is 5.11 Å². The lowest BCUT2D eigenvalue weighted by Crippen LogP contribution is -2.47. The summed E-state index contributed by atoms with van der Waals surface area (Å²) in [7, 11) is 2.14. The fourth-order valence-electron chi connectivity index (χ4n) is 2.96. The number of nitrogens with zero attached hydrogens (tertiary/aromatic N) is 2. The number of piperazine rings is 1. The van der Waals surface area contributed by atoms with Gasteiger partial charge >= 0.3 is 0 Å². The monoisotopic (exact) mass is 306 g/mol. The molecule has 0 aliphatic carbocycles. The molecule has 1 N–H and O–H groups in total. The van der Waals surface area contributed by atoms with Gasteiger partial charge in [0, 0.05) is 32.7 Å². The molecule has 1 fully saturated rings. The third-order valence-electron chi connectivity index (χ3n) is 4.37. The molecule has 1 aromatic carbocycles. The number of ether oxygens (including phenoxy) is 1. The lowest BCUT2D eigenvalue weighted by molar-refractivity contribution is 0.0504. The summed E-state index contributed by atoms with van der Waals surface area (Å²) in [4.78, 5) is 4.62. The highest BCUT2D eigenvalue weighted by atomic mass is 16.5. The van der Waals surface area contributed by atoms with Gasteiger partial charge in [-0.05, 0) is 43.1 Å². The van der Waals surface area contributed by atoms with Crippen LogP contribution in [0.15, 0.2) is 18.2 Å². The van der Waals surface area contributed by atoms with E-state index in [-0.39, 0.29) is 0 Å². The third kappa shape index (κ3) is 4.97. The minimum absolute atomic E-state index is 0.354. The van der Waals surface area contributed by atoms with Crippen molar-refractivity contribution >= 4 is 0 Å². The van der Waals surface area contributed by atoms with Crippen LogP contribution in [-0.4, -0.2) is 67.4 Å². The van der Waals surface area contributed by atoms with Crippen molar-refractivity contribution in [3.05, 3.63) is 29.3 Å². The van der Waals surface area contributed by atoms with E-state index in [1.807, 2.05) is 6.07 Å². The molecule has 1 aliphatic heterocycles. The van der Waals surface area contributed by atoms with E-state index < -0.39 is 6.10 Å². The lowest BCUT2D eigenvalue weighted by atomic mass is 9.98. The molecule has 0 unspecified atom stereocenters. The molecule has 0 aromatic heterocycles. The minimum Gasteiger partial charge on any atom is -0.491 e. The summed E-state index contributed by atoms with van der Waals surface area (Å²) in [6.45, 7) is 11.7. The van der Waals surface area contributed by atoms with Gasteiger partial charge in [-0.1, -0.05) is 19.9 Å². The summed E-state index contributed by atoms with van der Waals surface area (Å²) < 4.78 is 5.76. The number of rotatable bonds is 6. The normalized spacial score (nSPS) is 18.6. The van der Waals surface area contributed by atoms with Crippen LogP contribution in [0.3, 0.4) is 0 Å². The first-order chi connectivity index (χ1) is 10.5. The van der Waals surface area contributed by atoms with Crippen LogP contribution >= 0.6 is 0 Å². The molecule has 1 aromatic rings. The molecule has 1 heterocycles. The molecule has 1 aliphatic rings. The summed E-state index contributed by atoms with van der Waals surface area (Å²) in [6, 6.07) is 6.20. The van der Waals surface area contributed by atoms with Crippen molar-refractivity contribution in [3.63, 3.8) is 0 Å². The second kappa shape index (κ2) is 7.95. The standard InChI is InChI=1S/C18H30N2O2/c1-14(2)18-6-5-17(11-15(18)3)22-13-16(21)12-20-9-7-19(4)8-10-20/h5-6,11,14,16,21H,7-10,12-13H2,1-4H3/t16-/m0/s1. The van der Waals surface area contributed by atoms with Crippen LogP contribution in [0.4, 0.5) is 0 Å². The molecule has 0 amide bonds. The molecule has 124 valence electrons. The van der Waals surface area contributed by atoms with Gasteiger partial charge in [-0.25, -0.2) is 0 Å². The molecule has 2 rings (SSSR count). The fraction of sp³-hybridized carbons (Fsp3) is 0.667. The van der Waals surface area contributed by atoms with Gasteiger partial charge in [0.05, 0.1) is 0 Å².